The summed E-state index contributed by atoms with van der Waals surface area (Å²) in [5, 5.41) is 6.69. The summed E-state index contributed by atoms with van der Waals surface area (Å²) in [7, 11) is 1.77. The third kappa shape index (κ3) is 3.04. The lowest BCUT2D eigenvalue weighted by Gasteiger charge is -2.12. The molecule has 0 aliphatic carbocycles. The number of carbonyl (C=O) groups is 1. The molecule has 1 aromatic rings. The normalized spacial score (nSPS) is 10.3. The molecule has 1 rings (SSSR count). The topological polar surface area (TPSA) is 61.9 Å². The van der Waals surface area contributed by atoms with E-state index in [1.54, 1.807) is 11.9 Å². The molecule has 15 heavy (non-hydrogen) atoms. The van der Waals surface area contributed by atoms with Crippen LogP contribution in [0, 0.1) is 0 Å². The van der Waals surface area contributed by atoms with Crippen molar-refractivity contribution in [2.24, 2.45) is 0 Å². The van der Waals surface area contributed by atoms with E-state index in [1.165, 1.54) is 0 Å². The molecule has 5 heteroatoms. The van der Waals surface area contributed by atoms with E-state index in [9.17, 15) is 4.79 Å². The summed E-state index contributed by atoms with van der Waals surface area (Å²) in [6, 6.07) is 0. The third-order valence-corrected chi connectivity index (χ3v) is 2.12. The molecule has 1 heterocycles. The Balaban J connectivity index is 2.65. The summed E-state index contributed by atoms with van der Waals surface area (Å²) in [6.07, 6.45) is 2.76. The number of rotatable bonds is 5. The molecule has 0 radical (unpaired) electrons. The second-order valence-electron chi connectivity index (χ2n) is 3.58. The quantitative estimate of drug-likeness (QED) is 0.795. The molecule has 84 valence electrons. The first-order valence-corrected chi connectivity index (χ1v) is 5.35. The fourth-order valence-electron chi connectivity index (χ4n) is 1.35. The van der Waals surface area contributed by atoms with E-state index in [0.29, 0.717) is 0 Å². The van der Waals surface area contributed by atoms with Crippen LogP contribution in [0.25, 0.3) is 0 Å². The molecule has 1 N–H and O–H groups in total. The van der Waals surface area contributed by atoms with Crippen LogP contribution in [0.15, 0.2) is 0 Å². The lowest BCUT2D eigenvalue weighted by atomic mass is 10.3. The molecule has 0 atom stereocenters. The number of aromatic nitrogens is 3. The van der Waals surface area contributed by atoms with Crippen molar-refractivity contribution in [2.45, 2.75) is 33.1 Å². The molecule has 1 amide bonds. The average Bonchev–Trinajstić information content (AvgIpc) is 2.66. The predicted molar refractivity (Wildman–Crippen MR) is 57.6 cm³/mol. The zero-order valence-electron chi connectivity index (χ0n) is 9.58. The fourth-order valence-corrected chi connectivity index (χ4v) is 1.35. The Hall–Kier alpha value is -1.39. The molecular weight excluding hydrogens is 192 g/mol. The van der Waals surface area contributed by atoms with Crippen molar-refractivity contribution in [1.82, 2.24) is 20.1 Å². The molecule has 0 aliphatic heterocycles. The molecule has 5 nitrogen and oxygen atoms in total. The van der Waals surface area contributed by atoms with Gasteiger partial charge in [-0.2, -0.15) is 0 Å². The lowest BCUT2D eigenvalue weighted by Crippen LogP contribution is -2.28. The average molecular weight is 210 g/mol. The Labute approximate surface area is 89.9 Å². The second kappa shape index (κ2) is 5.48. The number of nitrogens with one attached hydrogen (secondary N) is 1. The first-order valence-electron chi connectivity index (χ1n) is 5.35. The molecule has 0 spiro atoms. The van der Waals surface area contributed by atoms with Gasteiger partial charge in [0, 0.05) is 20.0 Å². The highest BCUT2D eigenvalue weighted by Crippen LogP contribution is 2.00. The van der Waals surface area contributed by atoms with Gasteiger partial charge in [-0.05, 0) is 12.8 Å². The molecule has 0 saturated heterocycles. The number of aromatic amines is 1. The van der Waals surface area contributed by atoms with Crippen LogP contribution in [0.4, 0.5) is 0 Å². The van der Waals surface area contributed by atoms with Gasteiger partial charge in [-0.3, -0.25) is 9.89 Å². The highest BCUT2D eigenvalue weighted by atomic mass is 16.2. The summed E-state index contributed by atoms with van der Waals surface area (Å²) in [5.41, 5.74) is 0. The first-order chi connectivity index (χ1) is 7.19. The number of amides is 1. The van der Waals surface area contributed by atoms with Crippen molar-refractivity contribution in [3.8, 4) is 0 Å². The molecule has 0 aliphatic rings. The van der Waals surface area contributed by atoms with Crippen LogP contribution in [0.2, 0.25) is 0 Å². The lowest BCUT2D eigenvalue weighted by molar-refractivity contribution is 0.0783. The maximum Gasteiger partial charge on any atom is 0.293 e. The smallest absolute Gasteiger partial charge is 0.293 e. The minimum atomic E-state index is -0.115. The van der Waals surface area contributed by atoms with E-state index in [0.717, 1.165) is 31.6 Å². The summed E-state index contributed by atoms with van der Waals surface area (Å²) >= 11 is 0. The van der Waals surface area contributed by atoms with E-state index in [2.05, 4.69) is 22.1 Å². The van der Waals surface area contributed by atoms with Crippen molar-refractivity contribution in [3.63, 3.8) is 0 Å². The number of aryl methyl sites for hydroxylation is 1. The van der Waals surface area contributed by atoms with Crippen molar-refractivity contribution < 1.29 is 4.79 Å². The van der Waals surface area contributed by atoms with Crippen LogP contribution >= 0.6 is 0 Å². The van der Waals surface area contributed by atoms with Crippen LogP contribution in [-0.4, -0.2) is 39.6 Å². The van der Waals surface area contributed by atoms with E-state index >= 15 is 0 Å². The van der Waals surface area contributed by atoms with Crippen molar-refractivity contribution in [3.05, 3.63) is 11.6 Å². The van der Waals surface area contributed by atoms with Crippen LogP contribution < -0.4 is 0 Å². The number of nitrogens with zero attached hydrogens (tertiary/aromatic N) is 3. The maximum atomic E-state index is 11.7. The Kier molecular flexibility index (Phi) is 4.27. The zero-order chi connectivity index (χ0) is 11.3. The molecular formula is C10H18N4O. The van der Waals surface area contributed by atoms with Gasteiger partial charge in [-0.1, -0.05) is 13.8 Å². The van der Waals surface area contributed by atoms with Gasteiger partial charge < -0.3 is 4.90 Å². The van der Waals surface area contributed by atoms with Crippen molar-refractivity contribution in [1.29, 1.82) is 0 Å². The van der Waals surface area contributed by atoms with Gasteiger partial charge in [0.15, 0.2) is 0 Å². The summed E-state index contributed by atoms with van der Waals surface area (Å²) in [5.74, 6) is 0.940. The highest BCUT2D eigenvalue weighted by Gasteiger charge is 2.15. The largest absolute Gasteiger partial charge is 0.339 e. The van der Waals surface area contributed by atoms with Gasteiger partial charge in [0.2, 0.25) is 5.82 Å². The Morgan fingerprint density at radius 3 is 2.73 bits per heavy atom. The van der Waals surface area contributed by atoms with Gasteiger partial charge >= 0.3 is 0 Å². The molecule has 0 saturated carbocycles. The Morgan fingerprint density at radius 1 is 1.40 bits per heavy atom. The fraction of sp³-hybridized carbons (Fsp3) is 0.700. The third-order valence-electron chi connectivity index (χ3n) is 2.12. The second-order valence-corrected chi connectivity index (χ2v) is 3.58. The first kappa shape index (κ1) is 11.7. The minimum absolute atomic E-state index is 0.115. The number of hydrogen-bond acceptors (Lipinski definition) is 3. The van der Waals surface area contributed by atoms with Gasteiger partial charge in [0.1, 0.15) is 5.82 Å². The van der Waals surface area contributed by atoms with Gasteiger partial charge in [-0.15, -0.1) is 5.10 Å². The summed E-state index contributed by atoms with van der Waals surface area (Å²) < 4.78 is 0. The molecule has 0 bridgehead atoms. The number of H-pyrrole nitrogens is 1. The molecule has 1 aromatic heterocycles. The Bertz CT molecular complexity index is 321. The van der Waals surface area contributed by atoms with Crippen molar-refractivity contribution >= 4 is 5.91 Å². The Morgan fingerprint density at radius 2 is 2.13 bits per heavy atom. The highest BCUT2D eigenvalue weighted by molar-refractivity contribution is 5.90. The monoisotopic (exact) mass is 210 g/mol. The van der Waals surface area contributed by atoms with Crippen LogP contribution in [0.5, 0.6) is 0 Å². The van der Waals surface area contributed by atoms with E-state index in [1.807, 2.05) is 6.92 Å². The number of hydrogen-bond donors (Lipinski definition) is 1. The summed E-state index contributed by atoms with van der Waals surface area (Å²) in [6.45, 7) is 4.83. The standard InChI is InChI=1S/C10H18N4O/c1-4-6-8-11-9(13-12-8)10(15)14(3)7-5-2/h4-7H2,1-3H3,(H,11,12,13). The maximum absolute atomic E-state index is 11.7. The van der Waals surface area contributed by atoms with E-state index in [-0.39, 0.29) is 11.7 Å². The minimum Gasteiger partial charge on any atom is -0.339 e. The van der Waals surface area contributed by atoms with E-state index in [4.69, 9.17) is 0 Å². The predicted octanol–water partition coefficient (Wildman–Crippen LogP) is 1.24. The number of carbonyl (C=O) groups excluding carboxylic acids is 1. The molecule has 0 fully saturated rings. The molecule has 0 aromatic carbocycles. The summed E-state index contributed by atoms with van der Waals surface area (Å²) in [4.78, 5) is 17.5. The van der Waals surface area contributed by atoms with Crippen LogP contribution in [0.1, 0.15) is 43.1 Å². The van der Waals surface area contributed by atoms with Crippen molar-refractivity contribution in [2.75, 3.05) is 13.6 Å². The van der Waals surface area contributed by atoms with Gasteiger partial charge in [-0.25, -0.2) is 4.98 Å². The van der Waals surface area contributed by atoms with Gasteiger partial charge in [0.25, 0.3) is 5.91 Å². The zero-order valence-corrected chi connectivity index (χ0v) is 9.58. The van der Waals surface area contributed by atoms with Gasteiger partial charge in [0.05, 0.1) is 0 Å². The van der Waals surface area contributed by atoms with Crippen LogP contribution in [-0.2, 0) is 6.42 Å². The van der Waals surface area contributed by atoms with E-state index < -0.39 is 0 Å². The van der Waals surface area contributed by atoms with Crippen LogP contribution in [0.3, 0.4) is 0 Å². The molecule has 0 unspecified atom stereocenters. The SMILES string of the molecule is CCCc1nc(C(=O)N(C)CCC)n[nH]1.